The highest BCUT2D eigenvalue weighted by Gasteiger charge is 2.30. The number of unbranched alkanes of at least 4 members (excludes halogenated alkanes) is 3. The van der Waals surface area contributed by atoms with Gasteiger partial charge in [-0.15, -0.1) is 13.2 Å². The van der Waals surface area contributed by atoms with Gasteiger partial charge in [-0.1, -0.05) is 116 Å². The van der Waals surface area contributed by atoms with Crippen LogP contribution >= 0.6 is 0 Å². The van der Waals surface area contributed by atoms with Crippen LogP contribution in [0.15, 0.2) is 122 Å². The van der Waals surface area contributed by atoms with Crippen LogP contribution in [0.2, 0.25) is 0 Å². The first-order valence-electron chi connectivity index (χ1n) is 22.2. The minimum absolute atomic E-state index is 0.140. The topological polar surface area (TPSA) is 36.9 Å². The van der Waals surface area contributed by atoms with E-state index in [1.165, 1.54) is 22.3 Å². The van der Waals surface area contributed by atoms with Gasteiger partial charge < -0.3 is 18.9 Å². The number of rotatable bonds is 27. The second-order valence-corrected chi connectivity index (χ2v) is 17.1. The van der Waals surface area contributed by atoms with Gasteiger partial charge in [0.05, 0.1) is 13.2 Å². The molecule has 0 saturated carbocycles. The molecule has 0 bridgehead atoms. The number of benzene rings is 4. The molecule has 4 rings (SSSR count). The predicted octanol–water partition coefficient (Wildman–Crippen LogP) is 15.2. The molecule has 4 aromatic rings. The minimum atomic E-state index is -0.170. The number of hydrogen-bond acceptors (Lipinski definition) is 4. The van der Waals surface area contributed by atoms with Crippen LogP contribution in [0.4, 0.5) is 0 Å². The lowest BCUT2D eigenvalue weighted by atomic mass is 9.78. The summed E-state index contributed by atoms with van der Waals surface area (Å²) in [7, 11) is 0. The van der Waals surface area contributed by atoms with Crippen LogP contribution in [0.25, 0.3) is 0 Å². The first-order chi connectivity index (χ1) is 27.9. The van der Waals surface area contributed by atoms with Crippen molar-refractivity contribution < 1.29 is 18.9 Å². The lowest BCUT2D eigenvalue weighted by molar-refractivity contribution is 0.0480. The normalized spacial score (nSPS) is 12.2. The molecule has 4 nitrogen and oxygen atoms in total. The SMILES string of the molecule is C=CCCCOc1ccc(C(C)(C)c2ccc(OC(CC)(CC)CCCCCOc3ccc(C(C)(C)c4ccc(OC(CC)(CC)CCC=C)cc4)cc3)cc2)cc1. The Balaban J connectivity index is 1.23. The summed E-state index contributed by atoms with van der Waals surface area (Å²) in [5, 5.41) is 0. The summed E-state index contributed by atoms with van der Waals surface area (Å²) < 4.78 is 25.5. The van der Waals surface area contributed by atoms with Crippen LogP contribution in [0.3, 0.4) is 0 Å². The standard InChI is InChI=1S/C54H74O4/c1-11-17-21-41-55-47-31-23-43(24-32-47)51(7,8)46-29-37-50(38-30-46)58-54(15-5,16-6)40-20-19-22-42-56-48-33-25-44(26-34-48)52(9,10)45-27-35-49(36-28-45)57-53(13-3,14-4)39-18-12-2/h11-12,23-38H,1-2,13-22,39-42H2,3-10H3. The van der Waals surface area contributed by atoms with E-state index in [0.29, 0.717) is 13.2 Å². The van der Waals surface area contributed by atoms with Crippen molar-refractivity contribution >= 4 is 0 Å². The molecule has 4 aromatic carbocycles. The summed E-state index contributed by atoms with van der Waals surface area (Å²) in [6.45, 7) is 27.2. The molecule has 0 saturated heterocycles. The molecule has 314 valence electrons. The van der Waals surface area contributed by atoms with Crippen molar-refractivity contribution in [2.45, 2.75) is 154 Å². The fraction of sp³-hybridized carbons (Fsp3) is 0.481. The lowest BCUT2D eigenvalue weighted by Crippen LogP contribution is -2.34. The molecule has 0 N–H and O–H groups in total. The average molecular weight is 787 g/mol. The van der Waals surface area contributed by atoms with Gasteiger partial charge in [0.15, 0.2) is 0 Å². The largest absolute Gasteiger partial charge is 0.494 e. The van der Waals surface area contributed by atoms with E-state index in [9.17, 15) is 0 Å². The molecule has 0 radical (unpaired) electrons. The lowest BCUT2D eigenvalue weighted by Gasteiger charge is -2.33. The summed E-state index contributed by atoms with van der Waals surface area (Å²) >= 11 is 0. The molecule has 0 heterocycles. The van der Waals surface area contributed by atoms with Gasteiger partial charge in [-0.2, -0.15) is 0 Å². The smallest absolute Gasteiger partial charge is 0.120 e. The minimum Gasteiger partial charge on any atom is -0.494 e. The molecule has 0 aliphatic carbocycles. The van der Waals surface area contributed by atoms with Crippen LogP contribution in [-0.4, -0.2) is 24.4 Å². The maximum Gasteiger partial charge on any atom is 0.120 e. The van der Waals surface area contributed by atoms with E-state index in [1.807, 2.05) is 12.2 Å². The third-order valence-corrected chi connectivity index (χ3v) is 12.7. The Labute approximate surface area is 353 Å². The van der Waals surface area contributed by atoms with Crippen molar-refractivity contribution in [3.8, 4) is 23.0 Å². The van der Waals surface area contributed by atoms with E-state index in [2.05, 4.69) is 166 Å². The van der Waals surface area contributed by atoms with Gasteiger partial charge in [0.1, 0.15) is 34.2 Å². The monoisotopic (exact) mass is 787 g/mol. The highest BCUT2D eigenvalue weighted by molar-refractivity contribution is 5.43. The maximum atomic E-state index is 6.77. The summed E-state index contributed by atoms with van der Waals surface area (Å²) in [5.74, 6) is 3.71. The van der Waals surface area contributed by atoms with Crippen LogP contribution in [-0.2, 0) is 10.8 Å². The molecule has 0 aliphatic heterocycles. The Bertz CT molecular complexity index is 1770. The van der Waals surface area contributed by atoms with Crippen molar-refractivity contribution in [3.63, 3.8) is 0 Å². The molecule has 0 atom stereocenters. The molecule has 0 amide bonds. The summed E-state index contributed by atoms with van der Waals surface area (Å²) in [6, 6.07) is 34.6. The number of ether oxygens (including phenoxy) is 4. The highest BCUT2D eigenvalue weighted by Crippen LogP contribution is 2.37. The zero-order valence-electron chi connectivity index (χ0n) is 37.3. The van der Waals surface area contributed by atoms with Crippen molar-refractivity contribution in [2.24, 2.45) is 0 Å². The average Bonchev–Trinajstić information content (AvgIpc) is 3.25. The van der Waals surface area contributed by atoms with Gasteiger partial charge in [-0.3, -0.25) is 0 Å². The van der Waals surface area contributed by atoms with E-state index < -0.39 is 0 Å². The first-order valence-corrected chi connectivity index (χ1v) is 22.2. The molecule has 0 unspecified atom stereocenters. The fourth-order valence-electron chi connectivity index (χ4n) is 7.94. The number of hydrogen-bond donors (Lipinski definition) is 0. The Morgan fingerprint density at radius 3 is 1.12 bits per heavy atom. The van der Waals surface area contributed by atoms with E-state index in [1.54, 1.807) is 0 Å². The molecule has 0 spiro atoms. The van der Waals surface area contributed by atoms with Crippen molar-refractivity contribution in [2.75, 3.05) is 13.2 Å². The highest BCUT2D eigenvalue weighted by atomic mass is 16.5. The molecular weight excluding hydrogens is 713 g/mol. The Morgan fingerprint density at radius 1 is 0.414 bits per heavy atom. The van der Waals surface area contributed by atoms with Crippen LogP contribution in [0.5, 0.6) is 23.0 Å². The molecule has 0 aliphatic rings. The fourth-order valence-corrected chi connectivity index (χ4v) is 7.94. The van der Waals surface area contributed by atoms with E-state index in [-0.39, 0.29) is 22.0 Å². The van der Waals surface area contributed by atoms with Crippen molar-refractivity contribution in [1.29, 1.82) is 0 Å². The maximum absolute atomic E-state index is 6.77. The second-order valence-electron chi connectivity index (χ2n) is 17.1. The Kier molecular flexibility index (Phi) is 17.6. The first kappa shape index (κ1) is 46.3. The van der Waals surface area contributed by atoms with Crippen molar-refractivity contribution in [3.05, 3.63) is 145 Å². The van der Waals surface area contributed by atoms with Gasteiger partial charge in [0.2, 0.25) is 0 Å². The van der Waals surface area contributed by atoms with Gasteiger partial charge >= 0.3 is 0 Å². The summed E-state index contributed by atoms with van der Waals surface area (Å²) in [4.78, 5) is 0. The van der Waals surface area contributed by atoms with Crippen LogP contribution < -0.4 is 18.9 Å². The zero-order valence-corrected chi connectivity index (χ0v) is 37.3. The van der Waals surface area contributed by atoms with Gasteiger partial charge in [-0.05, 0) is 148 Å². The Hall–Kier alpha value is -4.44. The molecular formula is C54H74O4. The molecule has 58 heavy (non-hydrogen) atoms. The van der Waals surface area contributed by atoms with Crippen molar-refractivity contribution in [1.82, 2.24) is 0 Å². The van der Waals surface area contributed by atoms with E-state index in [4.69, 9.17) is 18.9 Å². The summed E-state index contributed by atoms with van der Waals surface area (Å²) in [5.41, 5.74) is 4.44. The third kappa shape index (κ3) is 12.5. The van der Waals surface area contributed by atoms with E-state index >= 15 is 0 Å². The van der Waals surface area contributed by atoms with Gasteiger partial charge in [-0.25, -0.2) is 0 Å². The predicted molar refractivity (Wildman–Crippen MR) is 246 cm³/mol. The summed E-state index contributed by atoms with van der Waals surface area (Å²) in [6.07, 6.45) is 16.0. The van der Waals surface area contributed by atoms with Crippen LogP contribution in [0.1, 0.15) is 155 Å². The van der Waals surface area contributed by atoms with Gasteiger partial charge in [0, 0.05) is 10.8 Å². The zero-order chi connectivity index (χ0) is 42.1. The van der Waals surface area contributed by atoms with Crippen LogP contribution in [0, 0.1) is 0 Å². The van der Waals surface area contributed by atoms with E-state index in [0.717, 1.165) is 100 Å². The van der Waals surface area contributed by atoms with Gasteiger partial charge in [0.25, 0.3) is 0 Å². The molecule has 0 aromatic heterocycles. The Morgan fingerprint density at radius 2 is 0.759 bits per heavy atom. The quantitative estimate of drug-likeness (QED) is 0.0446. The third-order valence-electron chi connectivity index (χ3n) is 12.7. The molecule has 4 heteroatoms. The second kappa shape index (κ2) is 22.1. The number of allylic oxidation sites excluding steroid dienone is 2. The molecule has 0 fully saturated rings.